The van der Waals surface area contributed by atoms with Crippen LogP contribution < -0.4 is 0 Å². The van der Waals surface area contributed by atoms with Gasteiger partial charge in [0.2, 0.25) is 0 Å². The third-order valence-corrected chi connectivity index (χ3v) is 4.65. The minimum Gasteiger partial charge on any atom is -0.480 e. The van der Waals surface area contributed by atoms with Crippen LogP contribution in [0.5, 0.6) is 0 Å². The maximum Gasteiger partial charge on any atom is 0.323 e. The summed E-state index contributed by atoms with van der Waals surface area (Å²) < 4.78 is 0. The van der Waals surface area contributed by atoms with Gasteiger partial charge in [-0.05, 0) is 25.5 Å². The highest BCUT2D eigenvalue weighted by atomic mass is 35.5. The number of hydrogen-bond donors (Lipinski definition) is 1. The van der Waals surface area contributed by atoms with Gasteiger partial charge < -0.3 is 10.0 Å². The Morgan fingerprint density at radius 3 is 2.57 bits per heavy atom. The van der Waals surface area contributed by atoms with Crippen LogP contribution in [0.15, 0.2) is 29.6 Å². The van der Waals surface area contributed by atoms with E-state index < -0.39 is 5.97 Å². The Morgan fingerprint density at radius 2 is 2.00 bits per heavy atom. The molecule has 1 heterocycles. The Hall–Kier alpha value is -1.92. The Bertz CT molecular complexity index is 700. The first kappa shape index (κ1) is 17.4. The van der Waals surface area contributed by atoms with E-state index in [9.17, 15) is 9.59 Å². The molecule has 0 spiro atoms. The number of rotatable bonds is 6. The van der Waals surface area contributed by atoms with Gasteiger partial charge in [0, 0.05) is 22.0 Å². The number of aliphatic carboxylic acids is 1. The average molecular weight is 353 g/mol. The van der Waals surface area contributed by atoms with Gasteiger partial charge in [0.25, 0.3) is 5.91 Å². The number of thiazole rings is 1. The zero-order valence-electron chi connectivity index (χ0n) is 12.8. The lowest BCUT2D eigenvalue weighted by Crippen LogP contribution is -2.42. The first-order valence-electron chi connectivity index (χ1n) is 7.16. The van der Waals surface area contributed by atoms with E-state index in [0.29, 0.717) is 16.5 Å². The van der Waals surface area contributed by atoms with Gasteiger partial charge in [0.05, 0.1) is 0 Å². The molecule has 1 unspecified atom stereocenters. The SMILES string of the molecule is CCC(C)N(CC(=O)O)C(=O)c1csc(-c2ccc(Cl)cc2)n1. The number of carbonyl (C=O) groups excluding carboxylic acids is 1. The highest BCUT2D eigenvalue weighted by Crippen LogP contribution is 2.26. The van der Waals surface area contributed by atoms with Crippen LogP contribution >= 0.6 is 22.9 Å². The van der Waals surface area contributed by atoms with Crippen LogP contribution in [0.1, 0.15) is 30.8 Å². The highest BCUT2D eigenvalue weighted by Gasteiger charge is 2.25. The monoisotopic (exact) mass is 352 g/mol. The molecule has 0 saturated heterocycles. The number of nitrogens with zero attached hydrogens (tertiary/aromatic N) is 2. The predicted octanol–water partition coefficient (Wildman–Crippen LogP) is 3.79. The average Bonchev–Trinajstić information content (AvgIpc) is 3.01. The first-order valence-corrected chi connectivity index (χ1v) is 8.42. The molecular formula is C16H17ClN2O3S. The van der Waals surface area contributed by atoms with Gasteiger partial charge in [-0.2, -0.15) is 0 Å². The summed E-state index contributed by atoms with van der Waals surface area (Å²) in [6.07, 6.45) is 0.674. The second kappa shape index (κ2) is 7.57. The number of benzene rings is 1. The van der Waals surface area contributed by atoms with Gasteiger partial charge in [-0.1, -0.05) is 30.7 Å². The quantitative estimate of drug-likeness (QED) is 0.858. The van der Waals surface area contributed by atoms with Gasteiger partial charge in [-0.15, -0.1) is 11.3 Å². The van der Waals surface area contributed by atoms with E-state index in [-0.39, 0.29) is 24.2 Å². The van der Waals surface area contributed by atoms with Crippen LogP contribution in [0.3, 0.4) is 0 Å². The summed E-state index contributed by atoms with van der Waals surface area (Å²) in [7, 11) is 0. The zero-order chi connectivity index (χ0) is 17.0. The first-order chi connectivity index (χ1) is 10.9. The molecule has 1 N–H and O–H groups in total. The number of carboxylic acid groups (broad SMARTS) is 1. The van der Waals surface area contributed by atoms with Crippen molar-refractivity contribution in [2.45, 2.75) is 26.3 Å². The lowest BCUT2D eigenvalue weighted by Gasteiger charge is -2.26. The molecule has 1 atom stereocenters. The minimum atomic E-state index is -1.04. The molecule has 23 heavy (non-hydrogen) atoms. The van der Waals surface area contributed by atoms with E-state index in [2.05, 4.69) is 4.98 Å². The summed E-state index contributed by atoms with van der Waals surface area (Å²) in [4.78, 5) is 29.2. The molecule has 0 aliphatic carbocycles. The van der Waals surface area contributed by atoms with Gasteiger partial charge in [-0.3, -0.25) is 9.59 Å². The number of halogens is 1. The molecule has 0 aliphatic rings. The van der Waals surface area contributed by atoms with Crippen LogP contribution in [-0.2, 0) is 4.79 Å². The fraction of sp³-hybridized carbons (Fsp3) is 0.312. The molecule has 0 radical (unpaired) electrons. The molecule has 2 aromatic rings. The number of carboxylic acids is 1. The standard InChI is InChI=1S/C16H17ClN2O3S/c1-3-10(2)19(8-14(20)21)16(22)13-9-23-15(18-13)11-4-6-12(17)7-5-11/h4-7,9-10H,3,8H2,1-2H3,(H,20,21). The van der Waals surface area contributed by atoms with E-state index in [1.807, 2.05) is 26.0 Å². The normalized spacial score (nSPS) is 12.0. The summed E-state index contributed by atoms with van der Waals surface area (Å²) in [5.74, 6) is -1.40. The van der Waals surface area contributed by atoms with Crippen LogP contribution in [0.2, 0.25) is 5.02 Å². The highest BCUT2D eigenvalue weighted by molar-refractivity contribution is 7.13. The molecule has 2 rings (SSSR count). The van der Waals surface area contributed by atoms with Crippen molar-refractivity contribution in [2.24, 2.45) is 0 Å². The largest absolute Gasteiger partial charge is 0.480 e. The molecule has 1 aromatic heterocycles. The van der Waals surface area contributed by atoms with Crippen molar-refractivity contribution in [3.05, 3.63) is 40.4 Å². The molecule has 5 nitrogen and oxygen atoms in total. The molecule has 0 saturated carbocycles. The number of hydrogen-bond acceptors (Lipinski definition) is 4. The molecule has 1 amide bonds. The lowest BCUT2D eigenvalue weighted by molar-refractivity contribution is -0.138. The minimum absolute atomic E-state index is 0.167. The van der Waals surface area contributed by atoms with E-state index in [0.717, 1.165) is 5.56 Å². The van der Waals surface area contributed by atoms with Crippen LogP contribution in [0, 0.1) is 0 Å². The van der Waals surface area contributed by atoms with E-state index in [1.54, 1.807) is 17.5 Å². The van der Waals surface area contributed by atoms with E-state index in [1.165, 1.54) is 16.2 Å². The number of aromatic nitrogens is 1. The fourth-order valence-electron chi connectivity index (χ4n) is 2.04. The molecule has 0 fully saturated rings. The van der Waals surface area contributed by atoms with Crippen LogP contribution in [-0.4, -0.2) is 39.5 Å². The summed E-state index contributed by atoms with van der Waals surface area (Å²) in [5.41, 5.74) is 1.13. The van der Waals surface area contributed by atoms with Crippen molar-refractivity contribution in [1.29, 1.82) is 0 Å². The van der Waals surface area contributed by atoms with Gasteiger partial charge >= 0.3 is 5.97 Å². The smallest absolute Gasteiger partial charge is 0.323 e. The molecule has 122 valence electrons. The summed E-state index contributed by atoms with van der Waals surface area (Å²) in [5, 5.41) is 12.0. The third-order valence-electron chi connectivity index (χ3n) is 3.50. The van der Waals surface area contributed by atoms with Gasteiger partial charge in [-0.25, -0.2) is 4.98 Å². The van der Waals surface area contributed by atoms with Crippen molar-refractivity contribution < 1.29 is 14.7 Å². The van der Waals surface area contributed by atoms with Crippen molar-refractivity contribution in [2.75, 3.05) is 6.54 Å². The molecule has 0 bridgehead atoms. The predicted molar refractivity (Wildman–Crippen MR) is 91.0 cm³/mol. The van der Waals surface area contributed by atoms with E-state index >= 15 is 0 Å². The topological polar surface area (TPSA) is 70.5 Å². The molecular weight excluding hydrogens is 336 g/mol. The molecule has 7 heteroatoms. The zero-order valence-corrected chi connectivity index (χ0v) is 14.4. The third kappa shape index (κ3) is 4.30. The lowest BCUT2D eigenvalue weighted by atomic mass is 10.2. The number of carbonyl (C=O) groups is 2. The maximum atomic E-state index is 12.6. The van der Waals surface area contributed by atoms with Crippen molar-refractivity contribution >= 4 is 34.8 Å². The Balaban J connectivity index is 2.25. The van der Waals surface area contributed by atoms with Gasteiger partial charge in [0.1, 0.15) is 17.2 Å². The van der Waals surface area contributed by atoms with Crippen LogP contribution in [0.25, 0.3) is 10.6 Å². The fourth-order valence-corrected chi connectivity index (χ4v) is 2.96. The summed E-state index contributed by atoms with van der Waals surface area (Å²) in [6, 6.07) is 7.02. The van der Waals surface area contributed by atoms with E-state index in [4.69, 9.17) is 16.7 Å². The molecule has 1 aromatic carbocycles. The maximum absolute atomic E-state index is 12.6. The summed E-state index contributed by atoms with van der Waals surface area (Å²) in [6.45, 7) is 3.40. The second-order valence-corrected chi connectivity index (χ2v) is 6.42. The number of amides is 1. The Kier molecular flexibility index (Phi) is 5.74. The van der Waals surface area contributed by atoms with Crippen molar-refractivity contribution in [3.63, 3.8) is 0 Å². The Morgan fingerprint density at radius 1 is 1.35 bits per heavy atom. The van der Waals surface area contributed by atoms with Crippen LogP contribution in [0.4, 0.5) is 0 Å². The molecule has 0 aliphatic heterocycles. The summed E-state index contributed by atoms with van der Waals surface area (Å²) >= 11 is 7.21. The Labute approximate surface area is 143 Å². The van der Waals surface area contributed by atoms with Gasteiger partial charge in [0.15, 0.2) is 0 Å². The van der Waals surface area contributed by atoms with Crippen molar-refractivity contribution in [1.82, 2.24) is 9.88 Å². The second-order valence-electron chi connectivity index (χ2n) is 5.13. The van der Waals surface area contributed by atoms with Crippen molar-refractivity contribution in [3.8, 4) is 10.6 Å².